The largest absolute Gasteiger partial charge is 0.741 e. The van der Waals surface area contributed by atoms with Gasteiger partial charge in [-0.2, -0.15) is 77.6 Å². The van der Waals surface area contributed by atoms with Crippen LogP contribution in [-0.4, -0.2) is 86.6 Å². The van der Waals surface area contributed by atoms with Gasteiger partial charge in [-0.1, -0.05) is 123 Å². The van der Waals surface area contributed by atoms with Crippen LogP contribution >= 0.6 is 136 Å². The molecule has 0 radical (unpaired) electrons. The maximum Gasteiger partial charge on any atom is 0.522 e. The normalized spacial score (nSPS) is 11.8. The number of halogens is 33. The van der Waals surface area contributed by atoms with E-state index in [1.54, 1.807) is 31.2 Å². The maximum atomic E-state index is 14.3. The molecule has 127 heavy (non-hydrogen) atoms. The molecule has 0 aliphatic carbocycles. The number of thiol groups is 2. The second kappa shape index (κ2) is 52.6. The third kappa shape index (κ3) is 39.8. The number of thioether (sulfide) groups is 1. The first-order chi connectivity index (χ1) is 58.3. The van der Waals surface area contributed by atoms with Gasteiger partial charge < -0.3 is 24.1 Å². The summed E-state index contributed by atoms with van der Waals surface area (Å²) in [4.78, 5) is 10.5. The van der Waals surface area contributed by atoms with Gasteiger partial charge in [-0.15, -0.1) is 0 Å². The van der Waals surface area contributed by atoms with Crippen LogP contribution in [0.25, 0.3) is 11.1 Å². The van der Waals surface area contributed by atoms with Crippen LogP contribution in [0, 0.1) is 121 Å². The smallest absolute Gasteiger partial charge is 0.522 e. The molecule has 0 unspecified atom stereocenters. The average Bonchev–Trinajstić information content (AvgIpc) is 0.818. The highest BCUT2D eigenvalue weighted by molar-refractivity contribution is 9.11. The topological polar surface area (TPSA) is 188 Å². The van der Waals surface area contributed by atoms with E-state index in [0.717, 1.165) is 72.1 Å². The fourth-order valence-electron chi connectivity index (χ4n) is 8.28. The van der Waals surface area contributed by atoms with Crippen molar-refractivity contribution in [2.75, 3.05) is 23.0 Å². The van der Waals surface area contributed by atoms with Crippen LogP contribution in [0.15, 0.2) is 170 Å². The Balaban J connectivity index is 0.000000498. The molecular weight excluding hydrogens is 2210 g/mol. The van der Waals surface area contributed by atoms with E-state index in [9.17, 15) is 119 Å². The first-order valence-electron chi connectivity index (χ1n) is 33.3. The van der Waals surface area contributed by atoms with Gasteiger partial charge >= 0.3 is 40.5 Å². The van der Waals surface area contributed by atoms with Crippen LogP contribution in [0.4, 0.5) is 114 Å². The van der Waals surface area contributed by atoms with Crippen LogP contribution in [0.3, 0.4) is 0 Å². The van der Waals surface area contributed by atoms with Crippen LogP contribution in [0.1, 0.15) is 62.1 Å². The van der Waals surface area contributed by atoms with Gasteiger partial charge in [0, 0.05) is 87.1 Å². The lowest BCUT2D eigenvalue weighted by Crippen LogP contribution is -2.29. The Morgan fingerprint density at radius 1 is 0.472 bits per heavy atom. The quantitative estimate of drug-likeness (QED) is 0.0114. The zero-order valence-electron chi connectivity index (χ0n) is 63.4. The van der Waals surface area contributed by atoms with Crippen molar-refractivity contribution in [1.29, 1.82) is 0 Å². The van der Waals surface area contributed by atoms with Gasteiger partial charge in [0.2, 0.25) is 0 Å². The molecule has 11 nitrogen and oxygen atoms in total. The number of alkyl halides is 10. The number of carbonyl (C=O) groups excluding carboxylic acids is 1. The van der Waals surface area contributed by atoms with E-state index in [1.807, 2.05) is 0 Å². The number of carbonyl (C=O) groups is 1. The lowest BCUT2D eigenvalue weighted by Gasteiger charge is -2.20. The zero-order valence-corrected chi connectivity index (χ0v) is 77.0. The van der Waals surface area contributed by atoms with Gasteiger partial charge in [0.1, 0.15) is 127 Å². The molecule has 3 N–H and O–H groups in total. The van der Waals surface area contributed by atoms with Gasteiger partial charge in [0.15, 0.2) is 27.2 Å². The Labute approximate surface area is 773 Å². The van der Waals surface area contributed by atoms with Crippen molar-refractivity contribution in [3.05, 3.63) is 317 Å². The van der Waals surface area contributed by atoms with Crippen LogP contribution in [0.5, 0.6) is 11.5 Å². The maximum absolute atomic E-state index is 14.3. The van der Waals surface area contributed by atoms with Gasteiger partial charge in [0.25, 0.3) is 9.44 Å². The molecule has 10 aromatic rings. The van der Waals surface area contributed by atoms with Crippen molar-refractivity contribution in [3.8, 4) is 22.6 Å². The third-order valence-corrected chi connectivity index (χ3v) is 21.2. The molecule has 0 fully saturated rings. The first kappa shape index (κ1) is 116. The highest BCUT2D eigenvalue weighted by Crippen LogP contribution is 2.40. The number of hydrogen-bond acceptors (Lipinski definition) is 13. The molecule has 694 valence electrons. The number of ether oxygens (including phenoxy) is 2. The van der Waals surface area contributed by atoms with Crippen molar-refractivity contribution >= 4 is 189 Å². The molecule has 1 aliphatic heterocycles. The van der Waals surface area contributed by atoms with Gasteiger partial charge in [-0.3, -0.25) is 9.35 Å². The van der Waals surface area contributed by atoms with E-state index in [2.05, 4.69) is 98.5 Å². The summed E-state index contributed by atoms with van der Waals surface area (Å²) in [6.07, 6.45) is -6.76. The van der Waals surface area contributed by atoms with Crippen LogP contribution < -0.4 is 14.9 Å². The van der Waals surface area contributed by atoms with Crippen molar-refractivity contribution in [2.45, 2.75) is 63.8 Å². The molecule has 1 heterocycles. The number of hydrogen-bond donors (Lipinski definition) is 5. The molecule has 0 bridgehead atoms. The zero-order chi connectivity index (χ0) is 97.7. The summed E-state index contributed by atoms with van der Waals surface area (Å²) in [5.41, 5.74) is -14.4. The van der Waals surface area contributed by atoms with E-state index in [-0.39, 0.29) is 25.6 Å². The lowest BCUT2D eigenvalue weighted by atomic mass is 9.81. The second-order valence-electron chi connectivity index (χ2n) is 23.9. The van der Waals surface area contributed by atoms with E-state index in [4.69, 9.17) is 70.8 Å². The number of benzene rings is 10. The number of aryl methyl sites for hydroxylation is 1. The molecule has 0 atom stereocenters. The molecule has 1 aliphatic rings. The molecule has 10 aromatic carbocycles. The van der Waals surface area contributed by atoms with Crippen LogP contribution in [0.2, 0.25) is 10.0 Å². The first-order valence-corrected chi connectivity index (χ1v) is 43.7. The fraction of sp³-hybridized carbons (Fsp3) is 0.184. The Hall–Kier alpha value is -6.62. The molecule has 0 aromatic heterocycles. The summed E-state index contributed by atoms with van der Waals surface area (Å²) >= 11 is 38.8. The Bertz CT molecular complexity index is 5420. The second-order valence-corrected chi connectivity index (χ2v) is 34.9. The summed E-state index contributed by atoms with van der Waals surface area (Å²) in [7, 11) is -13.3. The summed E-state index contributed by atoms with van der Waals surface area (Å²) in [5, 5.41) is 17.1. The molecule has 11 rings (SSSR count). The van der Waals surface area contributed by atoms with E-state index >= 15 is 0 Å². The van der Waals surface area contributed by atoms with Crippen molar-refractivity contribution < 1.29 is 164 Å². The lowest BCUT2D eigenvalue weighted by molar-refractivity contribution is -0.190. The molecule has 0 amide bonds. The Morgan fingerprint density at radius 2 is 0.780 bits per heavy atom. The molecule has 51 heteroatoms. The minimum Gasteiger partial charge on any atom is -0.741 e. The van der Waals surface area contributed by atoms with Gasteiger partial charge in [-0.05, 0) is 176 Å². The monoisotopic (exact) mass is 2260 g/mol. The van der Waals surface area contributed by atoms with E-state index in [0.29, 0.717) is 84.1 Å². The van der Waals surface area contributed by atoms with Gasteiger partial charge in [-0.25, -0.2) is 78.7 Å². The molecular formula is C76H54BBr4Cl3F26O11S6. The van der Waals surface area contributed by atoms with Gasteiger partial charge in [0.05, 0.1) is 0 Å². The average molecular weight is 2270 g/mol. The highest BCUT2D eigenvalue weighted by Gasteiger charge is 2.45. The van der Waals surface area contributed by atoms with E-state index < -0.39 is 188 Å². The summed E-state index contributed by atoms with van der Waals surface area (Å²) in [6, 6.07) is 27.3. The standard InChI is InChI=1S/C20H11ClF6O.C14H7BrF6O.C10H8BrF2S2.C8H8F2.C7H2BrClF2O.C6H6BClO2.C6H3BrF2.C3H8S2.2CHF3O3S/c1-10-15(22)8-14(9-16(10)23)28-20(26,27)19-17(24)6-12(7-18(19)25)11-2-4-13(21)5-3-11;1-6-9(16)4-8(5-10(6)17)22-14(20,21)13-11(18)2-7(15)3-12(13)19;11-6-4-7(12)9(8(13)5-6)10-14-2-1-3-15-10;1-5-3-7(9)6(2)8(10)4-5;8-3-1-4(10)6(7(9)12)5(11)2-3;8-6-3-1-5(2-4-6)7(9)10;7-4-1-5(8)3-6(9)2-4;4-2-1-3-5;2*2-1(3,4)8(5,6)7/h2-9H,1H3;2-5H,1H3;4-5H,1-3H2;3-4H,1-2H3;1-2H;1-4,9-10H;1-3H;4-5H,1-3H2;2*(H,5,6,7)/q;;+1;;;;;;;/p-1. The SMILES string of the molecule is Cc1c(F)cc(OC(F)(F)c2c(F)cc(-c3ccc(Cl)cc3)cc2F)cc1F.Cc1c(F)cc(OC(F)(F)c2c(F)cc(Br)cc2F)cc1F.Cc1cc(F)c(C)c(F)c1.Fc1cc(Br)cc(F)c1C1=[S+]CCCS1.Fc1cc(F)cc(Br)c1.O=C(Cl)c1c(F)cc(Br)cc1F.O=S(=O)(O)C(F)(F)F.O=S(=O)([O-])C(F)(F)F.OB(O)c1ccc(Cl)cc1.SCCCS. The summed E-state index contributed by atoms with van der Waals surface area (Å²) in [6.45, 7) is 5.28. The molecule has 0 spiro atoms. The summed E-state index contributed by atoms with van der Waals surface area (Å²) < 4.78 is 395. The Kier molecular flexibility index (Phi) is 48.2. The van der Waals surface area contributed by atoms with Crippen LogP contribution in [-0.2, 0) is 43.8 Å². The van der Waals surface area contributed by atoms with Crippen molar-refractivity contribution in [1.82, 2.24) is 0 Å². The molecule has 0 saturated carbocycles. The predicted molar refractivity (Wildman–Crippen MR) is 451 cm³/mol. The van der Waals surface area contributed by atoms with Crippen molar-refractivity contribution in [2.24, 2.45) is 0 Å². The van der Waals surface area contributed by atoms with E-state index in [1.165, 1.54) is 90.7 Å². The molecule has 0 saturated heterocycles. The minimum atomic E-state index is -6.09. The highest BCUT2D eigenvalue weighted by atomic mass is 79.9. The fourth-order valence-corrected chi connectivity index (χ4v) is 13.6. The third-order valence-electron chi connectivity index (χ3n) is 14.3. The predicted octanol–water partition coefficient (Wildman–Crippen LogP) is 26.0. The Morgan fingerprint density at radius 3 is 1.06 bits per heavy atom. The minimum absolute atomic E-state index is 0.00126. The summed E-state index contributed by atoms with van der Waals surface area (Å²) in [5.74, 6) is -13.8. The van der Waals surface area contributed by atoms with Crippen molar-refractivity contribution in [3.63, 3.8) is 0 Å². The number of rotatable bonds is 12.